The highest BCUT2D eigenvalue weighted by Crippen LogP contribution is 2.36. The minimum absolute atomic E-state index is 0.00842. The number of benzene rings is 1. The van der Waals surface area contributed by atoms with Gasteiger partial charge in [-0.1, -0.05) is 36.9 Å². The minimum Gasteiger partial charge on any atom is -0.350 e. The molecule has 0 bridgehead atoms. The van der Waals surface area contributed by atoms with Crippen LogP contribution in [0.2, 0.25) is 5.02 Å². The summed E-state index contributed by atoms with van der Waals surface area (Å²) < 4.78 is 1.82. The number of hydrogen-bond acceptors (Lipinski definition) is 5. The summed E-state index contributed by atoms with van der Waals surface area (Å²) in [5, 5.41) is 4.48. The molecular weight excluding hydrogens is 412 g/mol. The summed E-state index contributed by atoms with van der Waals surface area (Å²) in [7, 11) is 0. The Hall–Kier alpha value is -2.48. The number of nitrogens with two attached hydrogens (primary N) is 1. The van der Waals surface area contributed by atoms with E-state index in [1.54, 1.807) is 30.7 Å². The molecule has 1 aliphatic heterocycles. The number of rotatable bonds is 5. The van der Waals surface area contributed by atoms with Crippen LogP contribution in [0.4, 0.5) is 0 Å². The van der Waals surface area contributed by atoms with Gasteiger partial charge in [0.2, 0.25) is 5.95 Å². The first-order valence-corrected chi connectivity index (χ1v) is 11.3. The number of carbonyl (C=O) groups is 1. The van der Waals surface area contributed by atoms with Crippen LogP contribution >= 0.6 is 11.6 Å². The SMILES string of the molecule is NC1CN(C2(CNC(=O)c3cn(-c4ncccn4)c4cccc(Cl)c34)CCCCC2)C1. The molecule has 1 amide bonds. The van der Waals surface area contributed by atoms with Crippen LogP contribution in [0.5, 0.6) is 0 Å². The van der Waals surface area contributed by atoms with Crippen molar-refractivity contribution in [1.29, 1.82) is 0 Å². The van der Waals surface area contributed by atoms with E-state index in [2.05, 4.69) is 20.2 Å². The molecule has 3 heterocycles. The molecule has 1 aliphatic carbocycles. The van der Waals surface area contributed by atoms with Crippen LogP contribution in [0.3, 0.4) is 0 Å². The molecule has 1 saturated carbocycles. The van der Waals surface area contributed by atoms with Crippen LogP contribution in [0.1, 0.15) is 42.5 Å². The van der Waals surface area contributed by atoms with E-state index in [1.165, 1.54) is 19.3 Å². The maximum atomic E-state index is 13.4. The zero-order valence-electron chi connectivity index (χ0n) is 17.4. The Morgan fingerprint density at radius 2 is 1.90 bits per heavy atom. The van der Waals surface area contributed by atoms with Crippen molar-refractivity contribution < 1.29 is 4.79 Å². The number of halogens is 1. The largest absolute Gasteiger partial charge is 0.350 e. The molecular formula is C23H27ClN6O. The van der Waals surface area contributed by atoms with E-state index >= 15 is 0 Å². The highest BCUT2D eigenvalue weighted by atomic mass is 35.5. The number of nitrogens with one attached hydrogen (secondary N) is 1. The maximum absolute atomic E-state index is 13.4. The standard InChI is InChI=1S/C23H27ClN6O/c24-18-6-4-7-19-20(18)17(14-30(19)22-26-10-5-11-27-22)21(31)28-15-23(8-2-1-3-9-23)29-12-16(25)13-29/h4-7,10-11,14,16H,1-3,8-9,12-13,15,25H2,(H,28,31). The summed E-state index contributed by atoms with van der Waals surface area (Å²) in [5.74, 6) is 0.384. The van der Waals surface area contributed by atoms with E-state index in [9.17, 15) is 4.79 Å². The van der Waals surface area contributed by atoms with Crippen LogP contribution in [-0.2, 0) is 0 Å². The second-order valence-electron chi connectivity index (χ2n) is 8.73. The number of hydrogen-bond donors (Lipinski definition) is 2. The summed E-state index contributed by atoms with van der Waals surface area (Å²) in [4.78, 5) is 24.5. The van der Waals surface area contributed by atoms with Gasteiger partial charge >= 0.3 is 0 Å². The Balaban J connectivity index is 1.45. The molecule has 2 aromatic heterocycles. The Bertz CT molecular complexity index is 1090. The monoisotopic (exact) mass is 438 g/mol. The van der Waals surface area contributed by atoms with Crippen LogP contribution in [0.25, 0.3) is 16.9 Å². The summed E-state index contributed by atoms with van der Waals surface area (Å²) >= 11 is 6.53. The van der Waals surface area contributed by atoms with E-state index in [0.717, 1.165) is 36.8 Å². The zero-order chi connectivity index (χ0) is 21.4. The van der Waals surface area contributed by atoms with Gasteiger partial charge < -0.3 is 11.1 Å². The Morgan fingerprint density at radius 1 is 1.16 bits per heavy atom. The molecule has 2 aliphatic rings. The van der Waals surface area contributed by atoms with Gasteiger partial charge in [0.05, 0.1) is 16.1 Å². The predicted molar refractivity (Wildman–Crippen MR) is 122 cm³/mol. The van der Waals surface area contributed by atoms with Gasteiger partial charge in [-0.2, -0.15) is 0 Å². The highest BCUT2D eigenvalue weighted by molar-refractivity contribution is 6.37. The average Bonchev–Trinajstić information content (AvgIpc) is 3.18. The van der Waals surface area contributed by atoms with Crippen molar-refractivity contribution in [2.45, 2.75) is 43.7 Å². The van der Waals surface area contributed by atoms with E-state index < -0.39 is 0 Å². The molecule has 0 radical (unpaired) electrons. The predicted octanol–water partition coefficient (Wildman–Crippen LogP) is 3.15. The molecule has 7 nitrogen and oxygen atoms in total. The molecule has 1 aromatic carbocycles. The lowest BCUT2D eigenvalue weighted by Gasteiger charge is -2.53. The minimum atomic E-state index is -0.123. The van der Waals surface area contributed by atoms with Gasteiger partial charge in [-0.15, -0.1) is 0 Å². The lowest BCUT2D eigenvalue weighted by atomic mass is 9.78. The smallest absolute Gasteiger partial charge is 0.253 e. The van der Waals surface area contributed by atoms with Gasteiger partial charge in [0.15, 0.2) is 0 Å². The second-order valence-corrected chi connectivity index (χ2v) is 9.14. The van der Waals surface area contributed by atoms with Gasteiger partial charge in [0.1, 0.15) is 0 Å². The van der Waals surface area contributed by atoms with Crippen molar-refractivity contribution in [3.05, 3.63) is 53.4 Å². The van der Waals surface area contributed by atoms with Crippen LogP contribution < -0.4 is 11.1 Å². The Morgan fingerprint density at radius 3 is 2.61 bits per heavy atom. The van der Waals surface area contributed by atoms with Crippen molar-refractivity contribution in [3.8, 4) is 5.95 Å². The molecule has 5 rings (SSSR count). The van der Waals surface area contributed by atoms with Gasteiger partial charge in [-0.25, -0.2) is 9.97 Å². The molecule has 1 saturated heterocycles. The molecule has 0 spiro atoms. The number of aromatic nitrogens is 3. The molecule has 0 atom stereocenters. The Kier molecular flexibility index (Phi) is 5.42. The number of likely N-dealkylation sites (tertiary alicyclic amines) is 1. The lowest BCUT2D eigenvalue weighted by Crippen LogP contribution is -2.68. The van der Waals surface area contributed by atoms with E-state index in [4.69, 9.17) is 17.3 Å². The lowest BCUT2D eigenvalue weighted by molar-refractivity contribution is -0.0106. The van der Waals surface area contributed by atoms with Crippen LogP contribution in [0, 0.1) is 0 Å². The zero-order valence-corrected chi connectivity index (χ0v) is 18.2. The number of nitrogens with zero attached hydrogens (tertiary/aromatic N) is 4. The Labute approximate surface area is 186 Å². The summed E-state index contributed by atoms with van der Waals surface area (Å²) in [5.41, 5.74) is 7.42. The van der Waals surface area contributed by atoms with Crippen molar-refractivity contribution in [1.82, 2.24) is 24.8 Å². The van der Waals surface area contributed by atoms with Crippen LogP contribution in [-0.4, -0.2) is 56.6 Å². The van der Waals surface area contributed by atoms with E-state index in [1.807, 2.05) is 16.7 Å². The van der Waals surface area contributed by atoms with Gasteiger partial charge in [-0.3, -0.25) is 14.3 Å². The highest BCUT2D eigenvalue weighted by Gasteiger charge is 2.43. The van der Waals surface area contributed by atoms with Crippen molar-refractivity contribution in [2.75, 3.05) is 19.6 Å². The van der Waals surface area contributed by atoms with Gasteiger partial charge in [-0.05, 0) is 31.0 Å². The van der Waals surface area contributed by atoms with E-state index in [0.29, 0.717) is 23.1 Å². The first-order chi connectivity index (χ1) is 15.1. The van der Waals surface area contributed by atoms with E-state index in [-0.39, 0.29) is 17.5 Å². The third kappa shape index (κ3) is 3.71. The first-order valence-electron chi connectivity index (χ1n) is 10.9. The maximum Gasteiger partial charge on any atom is 0.253 e. The number of carbonyl (C=O) groups excluding carboxylic acids is 1. The third-order valence-corrected chi connectivity index (χ3v) is 7.05. The molecule has 3 aromatic rings. The fourth-order valence-electron chi connectivity index (χ4n) is 5.05. The molecule has 8 heteroatoms. The molecule has 3 N–H and O–H groups in total. The fraction of sp³-hybridized carbons (Fsp3) is 0.435. The summed E-state index contributed by atoms with van der Waals surface area (Å²) in [6, 6.07) is 7.62. The van der Waals surface area contributed by atoms with Gasteiger partial charge in [0, 0.05) is 55.2 Å². The summed E-state index contributed by atoms with van der Waals surface area (Å²) in [6.07, 6.45) is 11.0. The molecule has 31 heavy (non-hydrogen) atoms. The average molecular weight is 439 g/mol. The molecule has 0 unspecified atom stereocenters. The quantitative estimate of drug-likeness (QED) is 0.638. The second kappa shape index (κ2) is 8.22. The van der Waals surface area contributed by atoms with Crippen molar-refractivity contribution >= 4 is 28.4 Å². The topological polar surface area (TPSA) is 89.1 Å². The first kappa shape index (κ1) is 20.4. The molecule has 2 fully saturated rings. The van der Waals surface area contributed by atoms with Gasteiger partial charge in [0.25, 0.3) is 5.91 Å². The normalized spacial score (nSPS) is 19.3. The fourth-order valence-corrected chi connectivity index (χ4v) is 5.32. The number of amides is 1. The molecule has 162 valence electrons. The summed E-state index contributed by atoms with van der Waals surface area (Å²) in [6.45, 7) is 2.44. The number of fused-ring (bicyclic) bond motifs is 1. The third-order valence-electron chi connectivity index (χ3n) is 6.73. The van der Waals surface area contributed by atoms with Crippen molar-refractivity contribution in [3.63, 3.8) is 0 Å². The van der Waals surface area contributed by atoms with Crippen LogP contribution in [0.15, 0.2) is 42.9 Å². The van der Waals surface area contributed by atoms with Crippen molar-refractivity contribution in [2.24, 2.45) is 5.73 Å².